The van der Waals surface area contributed by atoms with Gasteiger partial charge in [-0.2, -0.15) is 4.31 Å². The summed E-state index contributed by atoms with van der Waals surface area (Å²) < 4.78 is 38.2. The van der Waals surface area contributed by atoms with Crippen molar-refractivity contribution in [3.05, 3.63) is 48.0 Å². The number of fused-ring (bicyclic) bond motifs is 1. The second-order valence-electron chi connectivity index (χ2n) is 6.42. The van der Waals surface area contributed by atoms with Crippen molar-refractivity contribution in [3.8, 4) is 11.5 Å². The Labute approximate surface area is 165 Å². The van der Waals surface area contributed by atoms with Crippen LogP contribution < -0.4 is 14.8 Å². The molecule has 28 heavy (non-hydrogen) atoms. The fraction of sp³-hybridized carbons (Fsp3) is 0.350. The molecule has 0 aromatic heterocycles. The fourth-order valence-corrected chi connectivity index (χ4v) is 4.46. The highest BCUT2D eigenvalue weighted by atomic mass is 32.2. The van der Waals surface area contributed by atoms with Crippen molar-refractivity contribution in [2.75, 3.05) is 25.0 Å². The third-order valence-corrected chi connectivity index (χ3v) is 6.66. The van der Waals surface area contributed by atoms with E-state index in [0.29, 0.717) is 30.3 Å². The maximum atomic E-state index is 12.8. The molecule has 0 radical (unpaired) electrons. The van der Waals surface area contributed by atoms with Crippen LogP contribution in [0.4, 0.5) is 5.69 Å². The molecule has 1 N–H and O–H groups in total. The number of carbonyl (C=O) groups excluding carboxylic acids is 1. The number of ether oxygens (including phenoxy) is 2. The maximum absolute atomic E-state index is 12.8. The molecule has 0 bridgehead atoms. The van der Waals surface area contributed by atoms with Gasteiger partial charge in [-0.25, -0.2) is 8.42 Å². The molecule has 2 aromatic rings. The first-order valence-corrected chi connectivity index (χ1v) is 10.6. The minimum Gasteiger partial charge on any atom is -0.485 e. The molecule has 2 aromatic carbocycles. The van der Waals surface area contributed by atoms with E-state index in [0.717, 1.165) is 5.56 Å². The van der Waals surface area contributed by atoms with Crippen LogP contribution in [0.1, 0.15) is 19.4 Å². The fourth-order valence-electron chi connectivity index (χ4n) is 2.97. The highest BCUT2D eigenvalue weighted by molar-refractivity contribution is 7.89. The number of benzene rings is 2. The van der Waals surface area contributed by atoms with E-state index in [4.69, 9.17) is 9.47 Å². The van der Waals surface area contributed by atoms with Crippen molar-refractivity contribution < 1.29 is 22.7 Å². The molecule has 1 aliphatic rings. The van der Waals surface area contributed by atoms with E-state index in [9.17, 15) is 13.2 Å². The molecule has 1 unspecified atom stereocenters. The number of amides is 1. The predicted octanol–water partition coefficient (Wildman–Crippen LogP) is 2.80. The minimum atomic E-state index is -3.62. The number of rotatable bonds is 6. The Kier molecular flexibility index (Phi) is 5.90. The lowest BCUT2D eigenvalue weighted by molar-refractivity contribution is -0.125. The van der Waals surface area contributed by atoms with E-state index < -0.39 is 22.0 Å². The van der Waals surface area contributed by atoms with Crippen LogP contribution >= 0.6 is 0 Å². The second-order valence-corrected chi connectivity index (χ2v) is 8.36. The summed E-state index contributed by atoms with van der Waals surface area (Å²) in [6.07, 6.45) is -0.822. The third kappa shape index (κ3) is 3.98. The summed E-state index contributed by atoms with van der Waals surface area (Å²) in [6, 6.07) is 11.8. The molecule has 150 valence electrons. The van der Waals surface area contributed by atoms with E-state index >= 15 is 0 Å². The van der Waals surface area contributed by atoms with Gasteiger partial charge in [-0.3, -0.25) is 4.79 Å². The quantitative estimate of drug-likeness (QED) is 0.800. The summed E-state index contributed by atoms with van der Waals surface area (Å²) in [5.41, 5.74) is 1.18. The van der Waals surface area contributed by atoms with E-state index in [1.54, 1.807) is 51.1 Å². The molecular weight excluding hydrogens is 380 g/mol. The lowest BCUT2D eigenvalue weighted by Gasteiger charge is -2.26. The van der Waals surface area contributed by atoms with E-state index in [1.165, 1.54) is 10.4 Å². The molecule has 0 spiro atoms. The van der Waals surface area contributed by atoms with Gasteiger partial charge in [-0.1, -0.05) is 32.0 Å². The van der Waals surface area contributed by atoms with Crippen molar-refractivity contribution >= 4 is 21.6 Å². The van der Waals surface area contributed by atoms with Gasteiger partial charge >= 0.3 is 0 Å². The molecule has 0 aliphatic carbocycles. The second kappa shape index (κ2) is 8.20. The molecule has 0 saturated heterocycles. The summed E-state index contributed by atoms with van der Waals surface area (Å²) >= 11 is 0. The average Bonchev–Trinajstić information content (AvgIpc) is 2.69. The van der Waals surface area contributed by atoms with Crippen LogP contribution in [0.3, 0.4) is 0 Å². The molecule has 8 heteroatoms. The number of nitrogens with one attached hydrogen (secondary N) is 1. The molecule has 1 heterocycles. The highest BCUT2D eigenvalue weighted by Gasteiger charge is 2.28. The monoisotopic (exact) mass is 404 g/mol. The van der Waals surface area contributed by atoms with E-state index in [2.05, 4.69) is 5.32 Å². The van der Waals surface area contributed by atoms with Crippen LogP contribution in [0.25, 0.3) is 0 Å². The number of nitrogens with zero attached hydrogens (tertiary/aromatic N) is 1. The van der Waals surface area contributed by atoms with Gasteiger partial charge < -0.3 is 14.8 Å². The van der Waals surface area contributed by atoms with Gasteiger partial charge in [0.2, 0.25) is 16.1 Å². The standard InChI is InChI=1S/C20H24N2O5S/c1-4-22(5-2)28(24,25)15-11-10-14(3)16(12-15)21-20(23)19-13-26-17-8-6-7-9-18(17)27-19/h6-12,19H,4-5,13H2,1-3H3,(H,21,23). The molecule has 0 fully saturated rings. The largest absolute Gasteiger partial charge is 0.485 e. The van der Waals surface area contributed by atoms with Crippen LogP contribution in [0.2, 0.25) is 0 Å². The smallest absolute Gasteiger partial charge is 0.269 e. The van der Waals surface area contributed by atoms with Crippen molar-refractivity contribution in [1.29, 1.82) is 0 Å². The summed E-state index contributed by atoms with van der Waals surface area (Å²) in [7, 11) is -3.62. The van der Waals surface area contributed by atoms with Crippen molar-refractivity contribution in [2.45, 2.75) is 31.8 Å². The van der Waals surface area contributed by atoms with Gasteiger partial charge in [0, 0.05) is 18.8 Å². The zero-order valence-corrected chi connectivity index (χ0v) is 17.0. The van der Waals surface area contributed by atoms with E-state index in [-0.39, 0.29) is 11.5 Å². The Morgan fingerprint density at radius 1 is 1.14 bits per heavy atom. The lowest BCUT2D eigenvalue weighted by Crippen LogP contribution is -2.40. The number of hydrogen-bond donors (Lipinski definition) is 1. The Balaban J connectivity index is 1.80. The third-order valence-electron chi connectivity index (χ3n) is 4.61. The van der Waals surface area contributed by atoms with Crippen LogP contribution in [-0.4, -0.2) is 44.4 Å². The van der Waals surface area contributed by atoms with Crippen molar-refractivity contribution in [3.63, 3.8) is 0 Å². The van der Waals surface area contributed by atoms with Crippen molar-refractivity contribution in [1.82, 2.24) is 4.31 Å². The first kappa shape index (κ1) is 20.2. The van der Waals surface area contributed by atoms with Crippen molar-refractivity contribution in [2.24, 2.45) is 0 Å². The van der Waals surface area contributed by atoms with Gasteiger partial charge in [0.05, 0.1) is 4.90 Å². The van der Waals surface area contributed by atoms with Crippen LogP contribution in [0, 0.1) is 6.92 Å². The number of aryl methyl sites for hydroxylation is 1. The summed E-state index contributed by atoms with van der Waals surface area (Å²) in [6.45, 7) is 6.21. The molecule has 0 saturated carbocycles. The van der Waals surface area contributed by atoms with Gasteiger partial charge in [0.1, 0.15) is 6.61 Å². The average molecular weight is 404 g/mol. The Bertz CT molecular complexity index is 970. The first-order valence-electron chi connectivity index (χ1n) is 9.17. The number of para-hydroxylation sites is 2. The lowest BCUT2D eigenvalue weighted by atomic mass is 10.2. The zero-order chi connectivity index (χ0) is 20.3. The zero-order valence-electron chi connectivity index (χ0n) is 16.1. The minimum absolute atomic E-state index is 0.0827. The van der Waals surface area contributed by atoms with Gasteiger partial charge in [0.25, 0.3) is 5.91 Å². The maximum Gasteiger partial charge on any atom is 0.269 e. The van der Waals surface area contributed by atoms with Gasteiger partial charge in [-0.15, -0.1) is 0 Å². The highest BCUT2D eigenvalue weighted by Crippen LogP contribution is 2.31. The summed E-state index contributed by atoms with van der Waals surface area (Å²) in [4.78, 5) is 12.8. The Morgan fingerprint density at radius 3 is 2.50 bits per heavy atom. The molecular formula is C20H24N2O5S. The topological polar surface area (TPSA) is 84.9 Å². The molecule has 1 aliphatic heterocycles. The molecule has 1 atom stereocenters. The van der Waals surface area contributed by atoms with Crippen LogP contribution in [0.15, 0.2) is 47.4 Å². The normalized spacial score (nSPS) is 16.1. The predicted molar refractivity (Wildman–Crippen MR) is 106 cm³/mol. The molecule has 1 amide bonds. The van der Waals surface area contributed by atoms with E-state index in [1.807, 2.05) is 6.07 Å². The Morgan fingerprint density at radius 2 is 1.82 bits per heavy atom. The number of hydrogen-bond acceptors (Lipinski definition) is 5. The SMILES string of the molecule is CCN(CC)S(=O)(=O)c1ccc(C)c(NC(=O)C2COc3ccccc3O2)c1. The summed E-state index contributed by atoms with van der Waals surface area (Å²) in [5.74, 6) is 0.702. The number of sulfonamides is 1. The summed E-state index contributed by atoms with van der Waals surface area (Å²) in [5, 5.41) is 2.77. The van der Waals surface area contributed by atoms with Crippen LogP contribution in [-0.2, 0) is 14.8 Å². The molecule has 3 rings (SSSR count). The van der Waals surface area contributed by atoms with Gasteiger partial charge in [0.15, 0.2) is 11.5 Å². The van der Waals surface area contributed by atoms with Gasteiger partial charge in [-0.05, 0) is 36.8 Å². The number of carbonyl (C=O) groups is 1. The van der Waals surface area contributed by atoms with Crippen LogP contribution in [0.5, 0.6) is 11.5 Å². The molecule has 7 nitrogen and oxygen atoms in total. The number of anilines is 1. The Hall–Kier alpha value is -2.58. The first-order chi connectivity index (χ1) is 13.4.